The van der Waals surface area contributed by atoms with Gasteiger partial charge in [-0.05, 0) is 67.8 Å². The molecule has 0 nitrogen and oxygen atoms in total. The molecular weight excluding hydrogens is 372 g/mol. The van der Waals surface area contributed by atoms with E-state index in [1.54, 1.807) is 0 Å². The van der Waals surface area contributed by atoms with Crippen LogP contribution in [0.4, 0.5) is 0 Å². The first-order chi connectivity index (χ1) is 14.9. The van der Waals surface area contributed by atoms with Gasteiger partial charge in [0.1, 0.15) is 0 Å². The normalized spacial score (nSPS) is 11.9. The molecule has 0 aliphatic heterocycles. The van der Waals surface area contributed by atoms with Crippen LogP contribution < -0.4 is 0 Å². The van der Waals surface area contributed by atoms with Crippen molar-refractivity contribution < 1.29 is 0 Å². The van der Waals surface area contributed by atoms with E-state index in [1.165, 1.54) is 54.9 Å². The average molecular weight is 401 g/mol. The summed E-state index contributed by atoms with van der Waals surface area (Å²) in [6, 6.07) is 35.7. The molecule has 0 aromatic heterocycles. The third kappa shape index (κ3) is 3.43. The smallest absolute Gasteiger partial charge is 0.00263 e. The molecule has 0 saturated carbocycles. The maximum absolute atomic E-state index is 2.42. The Kier molecular flexibility index (Phi) is 4.67. The summed E-state index contributed by atoms with van der Waals surface area (Å²) in [5.74, 6) is 0. The first-order valence-electron chi connectivity index (χ1n) is 11.0. The van der Waals surface area contributed by atoms with Gasteiger partial charge in [0.15, 0.2) is 0 Å². The minimum Gasteiger partial charge on any atom is -0.0622 e. The van der Waals surface area contributed by atoms with Crippen LogP contribution in [0.3, 0.4) is 0 Å². The quantitative estimate of drug-likeness (QED) is 0.259. The number of aryl methyl sites for hydroxylation is 1. The molecule has 0 radical (unpaired) electrons. The zero-order valence-electron chi connectivity index (χ0n) is 18.7. The third-order valence-corrected chi connectivity index (χ3v) is 6.29. The van der Waals surface area contributed by atoms with Crippen LogP contribution in [0, 0.1) is 6.92 Å². The average Bonchev–Trinajstić information content (AvgIpc) is 2.78. The van der Waals surface area contributed by atoms with Gasteiger partial charge in [0.05, 0.1) is 0 Å². The molecule has 5 aromatic rings. The molecule has 0 unspecified atom stereocenters. The van der Waals surface area contributed by atoms with Crippen LogP contribution in [0.2, 0.25) is 0 Å². The monoisotopic (exact) mass is 400 g/mol. The van der Waals surface area contributed by atoms with Crippen molar-refractivity contribution >= 4 is 21.5 Å². The molecule has 0 heterocycles. The first kappa shape index (κ1) is 19.6. The maximum atomic E-state index is 2.42. The van der Waals surface area contributed by atoms with Crippen LogP contribution in [0.1, 0.15) is 31.9 Å². The van der Waals surface area contributed by atoms with Gasteiger partial charge in [-0.1, -0.05) is 117 Å². The Balaban J connectivity index is 2.00. The number of rotatable bonds is 2. The molecule has 0 saturated heterocycles. The predicted octanol–water partition coefficient (Wildman–Crippen LogP) is 8.93. The molecule has 0 aliphatic rings. The van der Waals surface area contributed by atoms with Crippen molar-refractivity contribution in [3.05, 3.63) is 108 Å². The fourth-order valence-electron chi connectivity index (χ4n) is 4.59. The Morgan fingerprint density at radius 2 is 1.00 bits per heavy atom. The summed E-state index contributed by atoms with van der Waals surface area (Å²) < 4.78 is 0. The van der Waals surface area contributed by atoms with Crippen molar-refractivity contribution in [3.8, 4) is 22.3 Å². The summed E-state index contributed by atoms with van der Waals surface area (Å²) in [5.41, 5.74) is 7.94. The molecule has 0 aliphatic carbocycles. The topological polar surface area (TPSA) is 0 Å². The van der Waals surface area contributed by atoms with Gasteiger partial charge in [-0.15, -0.1) is 0 Å². The fraction of sp³-hybridized carbons (Fsp3) is 0.161. The Bertz CT molecular complexity index is 1380. The molecule has 5 aromatic carbocycles. The number of fused-ring (bicyclic) bond motifs is 2. The van der Waals surface area contributed by atoms with Crippen LogP contribution in [0.25, 0.3) is 43.8 Å². The molecule has 0 N–H and O–H groups in total. The highest BCUT2D eigenvalue weighted by atomic mass is 14.2. The van der Waals surface area contributed by atoms with Crippen LogP contribution in [-0.2, 0) is 5.41 Å². The number of benzene rings is 5. The highest BCUT2D eigenvalue weighted by molar-refractivity contribution is 6.21. The van der Waals surface area contributed by atoms with Gasteiger partial charge in [-0.2, -0.15) is 0 Å². The summed E-state index contributed by atoms with van der Waals surface area (Å²) in [6.07, 6.45) is 0. The summed E-state index contributed by atoms with van der Waals surface area (Å²) in [5, 5.41) is 5.26. The van der Waals surface area contributed by atoms with E-state index in [0.29, 0.717) is 0 Å². The lowest BCUT2D eigenvalue weighted by atomic mass is 9.81. The van der Waals surface area contributed by atoms with E-state index in [1.807, 2.05) is 0 Å². The maximum Gasteiger partial charge on any atom is -0.00263 e. The minimum absolute atomic E-state index is 0.0945. The second kappa shape index (κ2) is 7.39. The lowest BCUT2D eigenvalue weighted by Gasteiger charge is -2.23. The summed E-state index contributed by atoms with van der Waals surface area (Å²) in [7, 11) is 0. The van der Waals surface area contributed by atoms with Gasteiger partial charge >= 0.3 is 0 Å². The fourth-order valence-corrected chi connectivity index (χ4v) is 4.59. The SMILES string of the molecule is Cc1ccc(-c2c3ccccc3c(-c3ccccc3)c3ccc(C(C)(C)C)cc23)cc1. The van der Waals surface area contributed by atoms with Crippen molar-refractivity contribution in [2.24, 2.45) is 0 Å². The van der Waals surface area contributed by atoms with E-state index in [0.717, 1.165) is 0 Å². The highest BCUT2D eigenvalue weighted by Gasteiger charge is 2.20. The molecule has 152 valence electrons. The Morgan fingerprint density at radius 3 is 1.61 bits per heavy atom. The molecule has 0 heteroatoms. The predicted molar refractivity (Wildman–Crippen MR) is 136 cm³/mol. The summed E-state index contributed by atoms with van der Waals surface area (Å²) >= 11 is 0. The van der Waals surface area contributed by atoms with Gasteiger partial charge in [0.2, 0.25) is 0 Å². The van der Waals surface area contributed by atoms with Crippen molar-refractivity contribution in [1.82, 2.24) is 0 Å². The van der Waals surface area contributed by atoms with E-state index in [4.69, 9.17) is 0 Å². The van der Waals surface area contributed by atoms with E-state index < -0.39 is 0 Å². The van der Waals surface area contributed by atoms with Crippen molar-refractivity contribution in [3.63, 3.8) is 0 Å². The van der Waals surface area contributed by atoms with Crippen molar-refractivity contribution in [2.45, 2.75) is 33.1 Å². The standard InChI is InChI=1S/C31H28/c1-21-14-16-23(17-15-21)30-26-13-9-8-12-25(26)29(22-10-6-5-7-11-22)27-19-18-24(20-28(27)30)31(2,3)4/h5-20H,1-4H3. The van der Waals surface area contributed by atoms with Gasteiger partial charge in [-0.25, -0.2) is 0 Å². The van der Waals surface area contributed by atoms with Crippen LogP contribution in [-0.4, -0.2) is 0 Å². The lowest BCUT2D eigenvalue weighted by Crippen LogP contribution is -2.10. The van der Waals surface area contributed by atoms with E-state index in [2.05, 4.69) is 125 Å². The minimum atomic E-state index is 0.0945. The largest absolute Gasteiger partial charge is 0.0622 e. The summed E-state index contributed by atoms with van der Waals surface area (Å²) in [6.45, 7) is 9.02. The zero-order valence-corrected chi connectivity index (χ0v) is 18.7. The number of hydrogen-bond donors (Lipinski definition) is 0. The van der Waals surface area contributed by atoms with E-state index in [-0.39, 0.29) is 5.41 Å². The van der Waals surface area contributed by atoms with E-state index in [9.17, 15) is 0 Å². The van der Waals surface area contributed by atoms with Gasteiger partial charge < -0.3 is 0 Å². The molecule has 0 atom stereocenters. The zero-order chi connectivity index (χ0) is 21.6. The molecule has 0 amide bonds. The molecule has 0 bridgehead atoms. The molecule has 0 fully saturated rings. The number of hydrogen-bond acceptors (Lipinski definition) is 0. The molecular formula is C31H28. The highest BCUT2D eigenvalue weighted by Crippen LogP contribution is 2.44. The van der Waals surface area contributed by atoms with Crippen molar-refractivity contribution in [2.75, 3.05) is 0 Å². The lowest BCUT2D eigenvalue weighted by molar-refractivity contribution is 0.591. The van der Waals surface area contributed by atoms with Crippen LogP contribution in [0.5, 0.6) is 0 Å². The molecule has 0 spiro atoms. The Labute approximate surface area is 185 Å². The molecule has 31 heavy (non-hydrogen) atoms. The van der Waals surface area contributed by atoms with E-state index >= 15 is 0 Å². The summed E-state index contributed by atoms with van der Waals surface area (Å²) in [4.78, 5) is 0. The first-order valence-corrected chi connectivity index (χ1v) is 11.0. The van der Waals surface area contributed by atoms with Gasteiger partial charge in [0, 0.05) is 0 Å². The second-order valence-electron chi connectivity index (χ2n) is 9.54. The van der Waals surface area contributed by atoms with Gasteiger partial charge in [-0.3, -0.25) is 0 Å². The Morgan fingerprint density at radius 1 is 0.484 bits per heavy atom. The Hall–Kier alpha value is -3.38. The van der Waals surface area contributed by atoms with Crippen molar-refractivity contribution in [1.29, 1.82) is 0 Å². The second-order valence-corrected chi connectivity index (χ2v) is 9.54. The van der Waals surface area contributed by atoms with Gasteiger partial charge in [0.25, 0.3) is 0 Å². The van der Waals surface area contributed by atoms with Crippen LogP contribution >= 0.6 is 0 Å². The third-order valence-electron chi connectivity index (χ3n) is 6.29. The molecule has 5 rings (SSSR count). The van der Waals surface area contributed by atoms with Crippen LogP contribution in [0.15, 0.2) is 97.1 Å².